The lowest BCUT2D eigenvalue weighted by atomic mass is 10.2. The minimum atomic E-state index is -0.572. The maximum absolute atomic E-state index is 13.2. The highest BCUT2D eigenvalue weighted by atomic mass is 79.9. The molecule has 0 amide bonds. The Hall–Kier alpha value is -2.02. The van der Waals surface area contributed by atoms with Crippen molar-refractivity contribution in [2.45, 2.75) is 6.92 Å². The highest BCUT2D eigenvalue weighted by Gasteiger charge is 2.14. The summed E-state index contributed by atoms with van der Waals surface area (Å²) in [6.45, 7) is 1.93. The highest BCUT2D eigenvalue weighted by molar-refractivity contribution is 9.10. The normalized spacial score (nSPS) is 10.3. The minimum Gasteiger partial charge on any atom is -0.462 e. The van der Waals surface area contributed by atoms with Crippen LogP contribution in [0.25, 0.3) is 11.4 Å². The molecule has 1 aromatic carbocycles. The third-order valence-electron chi connectivity index (χ3n) is 2.49. The van der Waals surface area contributed by atoms with Crippen molar-refractivity contribution in [2.24, 2.45) is 0 Å². The van der Waals surface area contributed by atoms with Crippen LogP contribution in [0.4, 0.5) is 10.2 Å². The summed E-state index contributed by atoms with van der Waals surface area (Å²) in [4.78, 5) is 19.7. The number of hydrogen-bond acceptors (Lipinski definition) is 5. The molecule has 0 saturated carbocycles. The number of ether oxygens (including phenoxy) is 1. The molecular weight excluding hydrogens is 329 g/mol. The predicted octanol–water partition coefficient (Wildman–Crippen LogP) is 2.80. The third-order valence-corrected chi connectivity index (χ3v) is 3.10. The zero-order chi connectivity index (χ0) is 14.7. The number of aromatic nitrogens is 2. The molecule has 2 rings (SSSR count). The van der Waals surface area contributed by atoms with Gasteiger partial charge in [-0.15, -0.1) is 0 Å². The summed E-state index contributed by atoms with van der Waals surface area (Å²) in [5.74, 6) is -0.633. The molecule has 0 spiro atoms. The molecule has 2 aromatic rings. The van der Waals surface area contributed by atoms with E-state index < -0.39 is 5.97 Å². The van der Waals surface area contributed by atoms with Crippen molar-refractivity contribution in [2.75, 3.05) is 12.3 Å². The molecule has 0 saturated heterocycles. The van der Waals surface area contributed by atoms with Crippen molar-refractivity contribution >= 4 is 27.7 Å². The van der Waals surface area contributed by atoms with Crippen LogP contribution in [0, 0.1) is 5.82 Å². The van der Waals surface area contributed by atoms with E-state index in [2.05, 4.69) is 25.9 Å². The van der Waals surface area contributed by atoms with E-state index >= 15 is 0 Å². The van der Waals surface area contributed by atoms with Gasteiger partial charge in [-0.2, -0.15) is 0 Å². The number of esters is 1. The number of carbonyl (C=O) groups is 1. The zero-order valence-corrected chi connectivity index (χ0v) is 12.1. The Bertz CT molecular complexity index is 664. The molecule has 0 aliphatic rings. The monoisotopic (exact) mass is 339 g/mol. The lowest BCUT2D eigenvalue weighted by Crippen LogP contribution is -2.10. The summed E-state index contributed by atoms with van der Waals surface area (Å²) in [7, 11) is 0. The Morgan fingerprint density at radius 1 is 1.50 bits per heavy atom. The van der Waals surface area contributed by atoms with Crippen LogP contribution in [0.3, 0.4) is 0 Å². The topological polar surface area (TPSA) is 78.1 Å². The lowest BCUT2D eigenvalue weighted by molar-refractivity contribution is 0.0527. The maximum atomic E-state index is 13.2. The van der Waals surface area contributed by atoms with Gasteiger partial charge in [-0.05, 0) is 41.1 Å². The largest absolute Gasteiger partial charge is 0.462 e. The first kappa shape index (κ1) is 14.4. The summed E-state index contributed by atoms with van der Waals surface area (Å²) >= 11 is 3.08. The number of carbonyl (C=O) groups excluding carboxylic acids is 1. The Kier molecular flexibility index (Phi) is 4.29. The number of anilines is 1. The van der Waals surface area contributed by atoms with Gasteiger partial charge in [-0.3, -0.25) is 0 Å². The van der Waals surface area contributed by atoms with Crippen LogP contribution in [0.1, 0.15) is 17.3 Å². The Labute approximate surface area is 123 Å². The molecular formula is C13H11BrFN3O2. The molecule has 0 aliphatic heterocycles. The Morgan fingerprint density at radius 2 is 2.25 bits per heavy atom. The van der Waals surface area contributed by atoms with Gasteiger partial charge < -0.3 is 10.5 Å². The van der Waals surface area contributed by atoms with Gasteiger partial charge in [-0.1, -0.05) is 0 Å². The van der Waals surface area contributed by atoms with Crippen LogP contribution in [-0.4, -0.2) is 22.5 Å². The molecule has 0 aliphatic carbocycles. The van der Waals surface area contributed by atoms with Gasteiger partial charge in [0.2, 0.25) is 0 Å². The molecule has 104 valence electrons. The van der Waals surface area contributed by atoms with E-state index in [0.717, 1.165) is 0 Å². The molecule has 7 heteroatoms. The SMILES string of the molecule is CCOC(=O)c1cnc(-c2ccc(F)c(Br)c2)nc1N. The average Bonchev–Trinajstić information content (AvgIpc) is 2.42. The molecule has 0 atom stereocenters. The third kappa shape index (κ3) is 2.93. The second-order valence-electron chi connectivity index (χ2n) is 3.84. The van der Waals surface area contributed by atoms with Crippen LogP contribution in [0.15, 0.2) is 28.9 Å². The molecule has 5 nitrogen and oxygen atoms in total. The van der Waals surface area contributed by atoms with Crippen molar-refractivity contribution in [1.29, 1.82) is 0 Å². The van der Waals surface area contributed by atoms with Crippen molar-refractivity contribution in [3.05, 3.63) is 40.2 Å². The number of rotatable bonds is 3. The van der Waals surface area contributed by atoms with Crippen LogP contribution >= 0.6 is 15.9 Å². The van der Waals surface area contributed by atoms with Gasteiger partial charge in [0.1, 0.15) is 17.2 Å². The fraction of sp³-hybridized carbons (Fsp3) is 0.154. The first-order valence-electron chi connectivity index (χ1n) is 5.78. The first-order chi connectivity index (χ1) is 9.52. The van der Waals surface area contributed by atoms with Gasteiger partial charge >= 0.3 is 5.97 Å². The van der Waals surface area contributed by atoms with Gasteiger partial charge in [0.15, 0.2) is 5.82 Å². The maximum Gasteiger partial charge on any atom is 0.343 e. The number of nitrogens with zero attached hydrogens (tertiary/aromatic N) is 2. The summed E-state index contributed by atoms with van der Waals surface area (Å²) in [5, 5.41) is 0. The Balaban J connectivity index is 2.37. The van der Waals surface area contributed by atoms with E-state index in [0.29, 0.717) is 15.9 Å². The molecule has 1 heterocycles. The number of halogens is 2. The first-order valence-corrected chi connectivity index (χ1v) is 6.57. The van der Waals surface area contributed by atoms with Gasteiger partial charge in [0, 0.05) is 11.8 Å². The average molecular weight is 340 g/mol. The summed E-state index contributed by atoms with van der Waals surface area (Å²) < 4.78 is 18.3. The lowest BCUT2D eigenvalue weighted by Gasteiger charge is -2.06. The van der Waals surface area contributed by atoms with Crippen molar-refractivity contribution in [1.82, 2.24) is 9.97 Å². The summed E-state index contributed by atoms with van der Waals surface area (Å²) in [6, 6.07) is 4.35. The summed E-state index contributed by atoms with van der Waals surface area (Å²) in [6.07, 6.45) is 1.30. The summed E-state index contributed by atoms with van der Waals surface area (Å²) in [5.41, 5.74) is 6.41. The second-order valence-corrected chi connectivity index (χ2v) is 4.70. The minimum absolute atomic E-state index is 0.0221. The Morgan fingerprint density at radius 3 is 2.85 bits per heavy atom. The number of benzene rings is 1. The fourth-order valence-electron chi connectivity index (χ4n) is 1.54. The van der Waals surface area contributed by atoms with E-state index in [1.807, 2.05) is 0 Å². The van der Waals surface area contributed by atoms with Crippen LogP contribution < -0.4 is 5.73 Å². The van der Waals surface area contributed by atoms with E-state index in [4.69, 9.17) is 10.5 Å². The van der Waals surface area contributed by atoms with Gasteiger partial charge in [-0.25, -0.2) is 19.2 Å². The fourth-order valence-corrected chi connectivity index (χ4v) is 1.91. The molecule has 0 unspecified atom stereocenters. The molecule has 1 aromatic heterocycles. The van der Waals surface area contributed by atoms with Crippen molar-refractivity contribution < 1.29 is 13.9 Å². The molecule has 0 fully saturated rings. The van der Waals surface area contributed by atoms with E-state index in [-0.39, 0.29) is 23.8 Å². The number of nitrogens with two attached hydrogens (primary N) is 1. The van der Waals surface area contributed by atoms with Crippen molar-refractivity contribution in [3.8, 4) is 11.4 Å². The molecule has 0 bridgehead atoms. The van der Waals surface area contributed by atoms with E-state index in [1.165, 1.54) is 24.4 Å². The second kappa shape index (κ2) is 5.96. The van der Waals surface area contributed by atoms with Crippen LogP contribution in [0.2, 0.25) is 0 Å². The quantitative estimate of drug-likeness (QED) is 0.870. The van der Waals surface area contributed by atoms with Crippen LogP contribution in [-0.2, 0) is 4.74 Å². The highest BCUT2D eigenvalue weighted by Crippen LogP contribution is 2.24. The molecule has 2 N–H and O–H groups in total. The zero-order valence-electron chi connectivity index (χ0n) is 10.6. The predicted molar refractivity (Wildman–Crippen MR) is 75.5 cm³/mol. The van der Waals surface area contributed by atoms with Gasteiger partial charge in [0.25, 0.3) is 0 Å². The molecule has 0 radical (unpaired) electrons. The molecule has 20 heavy (non-hydrogen) atoms. The van der Waals surface area contributed by atoms with Crippen LogP contribution in [0.5, 0.6) is 0 Å². The van der Waals surface area contributed by atoms with E-state index in [1.54, 1.807) is 6.92 Å². The van der Waals surface area contributed by atoms with E-state index in [9.17, 15) is 9.18 Å². The van der Waals surface area contributed by atoms with Gasteiger partial charge in [0.05, 0.1) is 11.1 Å². The number of nitrogen functional groups attached to an aromatic ring is 1. The number of hydrogen-bond donors (Lipinski definition) is 1. The van der Waals surface area contributed by atoms with Crippen molar-refractivity contribution in [3.63, 3.8) is 0 Å². The standard InChI is InChI=1S/C13H11BrFN3O2/c1-2-20-13(19)8-6-17-12(18-11(8)16)7-3-4-10(15)9(14)5-7/h3-6H,2H2,1H3,(H2,16,17,18). The smallest absolute Gasteiger partial charge is 0.343 e.